The summed E-state index contributed by atoms with van der Waals surface area (Å²) in [4.78, 5) is 18.5. The summed E-state index contributed by atoms with van der Waals surface area (Å²) in [6.07, 6.45) is 1.19. The molecule has 0 saturated carbocycles. The van der Waals surface area contributed by atoms with E-state index in [4.69, 9.17) is 24.3 Å². The Labute approximate surface area is 224 Å². The molecule has 0 bridgehead atoms. The first-order chi connectivity index (χ1) is 18.0. The number of nitrogens with zero attached hydrogens (tertiary/aromatic N) is 3. The molecule has 8 heteroatoms. The SMILES string of the molecule is COc1cc(C2C3=C(CC(C)(C)CC3=O)Nc3nc(-c4ccc(C(C)(C)C)cc4)nn32)cc(OC)c1OC. The van der Waals surface area contributed by atoms with E-state index in [-0.39, 0.29) is 16.6 Å². The molecule has 1 aromatic heterocycles. The van der Waals surface area contributed by atoms with Crippen molar-refractivity contribution in [2.75, 3.05) is 26.6 Å². The molecule has 0 radical (unpaired) electrons. The van der Waals surface area contributed by atoms with Gasteiger partial charge in [0.1, 0.15) is 6.04 Å². The molecule has 8 nitrogen and oxygen atoms in total. The quantitative estimate of drug-likeness (QED) is 0.450. The number of nitrogens with one attached hydrogen (secondary N) is 1. The Morgan fingerprint density at radius 2 is 1.61 bits per heavy atom. The standard InChI is InChI=1S/C30H36N4O4/c1-29(2,3)19-11-9-17(10-12-19)27-32-28-31-20-15-30(4,5)16-21(35)24(20)25(34(28)33-27)18-13-22(36-6)26(38-8)23(14-18)37-7/h9-14,25H,15-16H2,1-8H3,(H,31,32,33). The molecule has 0 amide bonds. The number of fused-ring (bicyclic) bond motifs is 1. The van der Waals surface area contributed by atoms with Crippen molar-refractivity contribution in [2.24, 2.45) is 5.41 Å². The van der Waals surface area contributed by atoms with E-state index in [9.17, 15) is 4.79 Å². The fourth-order valence-corrected chi connectivity index (χ4v) is 5.42. The lowest BCUT2D eigenvalue weighted by Crippen LogP contribution is -2.36. The third-order valence-corrected chi connectivity index (χ3v) is 7.34. The summed E-state index contributed by atoms with van der Waals surface area (Å²) >= 11 is 0. The Bertz CT molecular complexity index is 1400. The molecule has 0 fully saturated rings. The Morgan fingerprint density at radius 1 is 0.974 bits per heavy atom. The summed E-state index contributed by atoms with van der Waals surface area (Å²) in [6, 6.07) is 11.6. The van der Waals surface area contributed by atoms with Crippen LogP contribution in [-0.2, 0) is 10.2 Å². The lowest BCUT2D eigenvalue weighted by molar-refractivity contribution is -0.118. The average molecular weight is 517 g/mol. The van der Waals surface area contributed by atoms with Crippen molar-refractivity contribution in [1.82, 2.24) is 14.8 Å². The number of ketones is 1. The molecule has 0 saturated heterocycles. The van der Waals surface area contributed by atoms with Crippen LogP contribution in [-0.4, -0.2) is 41.9 Å². The van der Waals surface area contributed by atoms with E-state index in [1.807, 2.05) is 16.8 Å². The van der Waals surface area contributed by atoms with Gasteiger partial charge in [-0.25, -0.2) is 4.68 Å². The smallest absolute Gasteiger partial charge is 0.226 e. The number of carbonyl (C=O) groups is 1. The van der Waals surface area contributed by atoms with Crippen LogP contribution in [0.4, 0.5) is 5.95 Å². The number of allylic oxidation sites excluding steroid dienone is 2. The van der Waals surface area contributed by atoms with E-state index in [0.29, 0.717) is 41.0 Å². The van der Waals surface area contributed by atoms with E-state index >= 15 is 0 Å². The number of hydrogen-bond acceptors (Lipinski definition) is 7. The molecule has 1 aliphatic heterocycles. The molecular weight excluding hydrogens is 480 g/mol. The third kappa shape index (κ3) is 4.42. The van der Waals surface area contributed by atoms with Crippen LogP contribution in [0.2, 0.25) is 0 Å². The number of Topliss-reactive ketones (excluding diaryl/α,β-unsaturated/α-hetero) is 1. The minimum Gasteiger partial charge on any atom is -0.493 e. The van der Waals surface area contributed by atoms with Crippen molar-refractivity contribution in [3.05, 3.63) is 58.8 Å². The maximum absolute atomic E-state index is 13.6. The van der Waals surface area contributed by atoms with Gasteiger partial charge in [-0.1, -0.05) is 58.9 Å². The molecule has 1 aliphatic carbocycles. The van der Waals surface area contributed by atoms with Gasteiger partial charge in [-0.3, -0.25) is 4.79 Å². The maximum atomic E-state index is 13.6. The van der Waals surface area contributed by atoms with E-state index in [1.165, 1.54) is 5.56 Å². The van der Waals surface area contributed by atoms with Crippen LogP contribution in [0.5, 0.6) is 17.2 Å². The minimum absolute atomic E-state index is 0.0503. The molecule has 1 atom stereocenters. The molecule has 3 aromatic rings. The molecule has 1 N–H and O–H groups in total. The van der Waals surface area contributed by atoms with Crippen LogP contribution in [0.3, 0.4) is 0 Å². The lowest BCUT2D eigenvalue weighted by Gasteiger charge is -2.38. The number of methoxy groups -OCH3 is 3. The van der Waals surface area contributed by atoms with Gasteiger partial charge in [0.2, 0.25) is 11.7 Å². The largest absolute Gasteiger partial charge is 0.493 e. The number of anilines is 1. The molecule has 2 heterocycles. The first-order valence-corrected chi connectivity index (χ1v) is 12.9. The van der Waals surface area contributed by atoms with Gasteiger partial charge < -0.3 is 19.5 Å². The van der Waals surface area contributed by atoms with Gasteiger partial charge in [0.15, 0.2) is 23.1 Å². The van der Waals surface area contributed by atoms with Gasteiger partial charge in [0.25, 0.3) is 0 Å². The zero-order chi connectivity index (χ0) is 27.4. The topological polar surface area (TPSA) is 87.5 Å². The van der Waals surface area contributed by atoms with Crippen LogP contribution < -0.4 is 19.5 Å². The first-order valence-electron chi connectivity index (χ1n) is 12.9. The highest BCUT2D eigenvalue weighted by molar-refractivity contribution is 6.00. The number of benzene rings is 2. The molecule has 1 unspecified atom stereocenters. The van der Waals surface area contributed by atoms with Crippen LogP contribution in [0.15, 0.2) is 47.7 Å². The normalized spacial score (nSPS) is 18.4. The Kier molecular flexibility index (Phi) is 6.24. The maximum Gasteiger partial charge on any atom is 0.226 e. The number of carbonyl (C=O) groups excluding carboxylic acids is 1. The summed E-state index contributed by atoms with van der Waals surface area (Å²) in [5.41, 5.74) is 4.44. The molecule has 2 aromatic carbocycles. The van der Waals surface area contributed by atoms with Crippen molar-refractivity contribution in [1.29, 1.82) is 0 Å². The Balaban J connectivity index is 1.68. The molecule has 38 heavy (non-hydrogen) atoms. The van der Waals surface area contributed by atoms with Gasteiger partial charge in [-0.2, -0.15) is 4.98 Å². The predicted molar refractivity (Wildman–Crippen MR) is 147 cm³/mol. The average Bonchev–Trinajstić information content (AvgIpc) is 3.29. The van der Waals surface area contributed by atoms with Crippen LogP contribution >= 0.6 is 0 Å². The fourth-order valence-electron chi connectivity index (χ4n) is 5.42. The molecule has 2 aliphatic rings. The number of aromatic nitrogens is 3. The van der Waals surface area contributed by atoms with Crippen LogP contribution in [0.25, 0.3) is 11.4 Å². The highest BCUT2D eigenvalue weighted by Gasteiger charge is 2.42. The third-order valence-electron chi connectivity index (χ3n) is 7.34. The minimum atomic E-state index is -0.492. The highest BCUT2D eigenvalue weighted by Crippen LogP contribution is 2.48. The summed E-state index contributed by atoms with van der Waals surface area (Å²) < 4.78 is 18.6. The highest BCUT2D eigenvalue weighted by atomic mass is 16.5. The van der Waals surface area contributed by atoms with Crippen LogP contribution in [0, 0.1) is 5.41 Å². The zero-order valence-electron chi connectivity index (χ0n) is 23.4. The van der Waals surface area contributed by atoms with E-state index in [2.05, 4.69) is 64.2 Å². The second kappa shape index (κ2) is 9.19. The van der Waals surface area contributed by atoms with Crippen LogP contribution in [0.1, 0.15) is 64.6 Å². The second-order valence-electron chi connectivity index (χ2n) is 11.9. The van der Waals surface area contributed by atoms with E-state index in [0.717, 1.165) is 23.2 Å². The summed E-state index contributed by atoms with van der Waals surface area (Å²) in [6.45, 7) is 10.8. The van der Waals surface area contributed by atoms with E-state index in [1.54, 1.807) is 21.3 Å². The van der Waals surface area contributed by atoms with Crippen molar-refractivity contribution < 1.29 is 19.0 Å². The monoisotopic (exact) mass is 516 g/mol. The molecule has 5 rings (SSSR count). The number of rotatable bonds is 5. The summed E-state index contributed by atoms with van der Waals surface area (Å²) in [7, 11) is 4.75. The fraction of sp³-hybridized carbons (Fsp3) is 0.433. The molecule has 200 valence electrons. The van der Waals surface area contributed by atoms with Gasteiger partial charge in [-0.15, -0.1) is 5.10 Å². The van der Waals surface area contributed by atoms with Gasteiger partial charge >= 0.3 is 0 Å². The van der Waals surface area contributed by atoms with E-state index < -0.39 is 6.04 Å². The zero-order valence-corrected chi connectivity index (χ0v) is 23.4. The van der Waals surface area contributed by atoms with Crippen molar-refractivity contribution in [2.45, 2.75) is 58.9 Å². The Morgan fingerprint density at radius 3 is 2.16 bits per heavy atom. The van der Waals surface area contributed by atoms with Gasteiger partial charge in [0, 0.05) is 23.3 Å². The first kappa shape index (κ1) is 25.8. The lowest BCUT2D eigenvalue weighted by atomic mass is 9.73. The Hall–Kier alpha value is -3.81. The van der Waals surface area contributed by atoms with Crippen molar-refractivity contribution >= 4 is 11.7 Å². The molecule has 0 spiro atoms. The second-order valence-corrected chi connectivity index (χ2v) is 11.9. The number of hydrogen-bond donors (Lipinski definition) is 1. The number of ether oxygens (including phenoxy) is 3. The predicted octanol–water partition coefficient (Wildman–Crippen LogP) is 5.93. The van der Waals surface area contributed by atoms with Gasteiger partial charge in [0.05, 0.1) is 21.3 Å². The molecular formula is C30H36N4O4. The summed E-state index contributed by atoms with van der Waals surface area (Å²) in [5.74, 6) is 2.83. The van der Waals surface area contributed by atoms with Gasteiger partial charge in [-0.05, 0) is 40.5 Å². The van der Waals surface area contributed by atoms with Crippen molar-refractivity contribution in [3.63, 3.8) is 0 Å². The van der Waals surface area contributed by atoms with Crippen molar-refractivity contribution in [3.8, 4) is 28.6 Å². The summed E-state index contributed by atoms with van der Waals surface area (Å²) in [5, 5.41) is 8.38.